The van der Waals surface area contributed by atoms with E-state index in [4.69, 9.17) is 16.6 Å². The number of benzene rings is 2. The second-order valence-corrected chi connectivity index (χ2v) is 6.49. The SMILES string of the molecule is O=c1c2c(Cl)cccc2nc(C2CCCCN2)n1-c1ccccc1. The van der Waals surface area contributed by atoms with Crippen LogP contribution in [0.5, 0.6) is 0 Å². The first kappa shape index (κ1) is 15.4. The van der Waals surface area contributed by atoms with Gasteiger partial charge in [-0.15, -0.1) is 0 Å². The van der Waals surface area contributed by atoms with E-state index in [9.17, 15) is 4.79 Å². The quantitative estimate of drug-likeness (QED) is 0.771. The molecule has 3 aromatic rings. The maximum atomic E-state index is 13.2. The summed E-state index contributed by atoms with van der Waals surface area (Å²) >= 11 is 6.29. The van der Waals surface area contributed by atoms with Crippen molar-refractivity contribution in [3.63, 3.8) is 0 Å². The molecule has 1 aromatic heterocycles. The fraction of sp³-hybridized carbons (Fsp3) is 0.263. The van der Waals surface area contributed by atoms with Gasteiger partial charge in [-0.3, -0.25) is 9.36 Å². The van der Waals surface area contributed by atoms with E-state index in [0.717, 1.165) is 37.3 Å². The van der Waals surface area contributed by atoms with Crippen LogP contribution in [0.15, 0.2) is 53.3 Å². The molecular formula is C19H18ClN3O. The molecule has 0 amide bonds. The molecule has 2 heterocycles. The highest BCUT2D eigenvalue weighted by atomic mass is 35.5. The highest BCUT2D eigenvalue weighted by Crippen LogP contribution is 2.26. The Balaban J connectivity index is 2.04. The van der Waals surface area contributed by atoms with Crippen LogP contribution in [0.2, 0.25) is 5.02 Å². The molecule has 0 spiro atoms. The second-order valence-electron chi connectivity index (χ2n) is 6.08. The van der Waals surface area contributed by atoms with Gasteiger partial charge in [0.1, 0.15) is 5.82 Å². The van der Waals surface area contributed by atoms with Gasteiger partial charge in [0, 0.05) is 0 Å². The van der Waals surface area contributed by atoms with Crippen molar-refractivity contribution < 1.29 is 0 Å². The monoisotopic (exact) mass is 339 g/mol. The molecule has 1 atom stereocenters. The Morgan fingerprint density at radius 1 is 1.08 bits per heavy atom. The average Bonchev–Trinajstić information content (AvgIpc) is 2.63. The van der Waals surface area contributed by atoms with Crippen LogP contribution in [0, 0.1) is 0 Å². The number of nitrogens with zero attached hydrogens (tertiary/aromatic N) is 2. The van der Waals surface area contributed by atoms with E-state index in [1.165, 1.54) is 0 Å². The van der Waals surface area contributed by atoms with Gasteiger partial charge >= 0.3 is 0 Å². The molecule has 2 aromatic carbocycles. The van der Waals surface area contributed by atoms with E-state index in [1.54, 1.807) is 10.6 Å². The standard InChI is InChI=1S/C19H18ClN3O/c20-14-9-6-11-15-17(14)19(24)23(13-7-2-1-3-8-13)18(22-15)16-10-4-5-12-21-16/h1-3,6-9,11,16,21H,4-5,10,12H2. The summed E-state index contributed by atoms with van der Waals surface area (Å²) in [6, 6.07) is 15.2. The number of fused-ring (bicyclic) bond motifs is 1. The Bertz CT molecular complexity index is 930. The van der Waals surface area contributed by atoms with Crippen LogP contribution < -0.4 is 10.9 Å². The molecule has 1 saturated heterocycles. The molecule has 4 rings (SSSR count). The van der Waals surface area contributed by atoms with Crippen LogP contribution in [0.3, 0.4) is 0 Å². The van der Waals surface area contributed by atoms with Gasteiger partial charge < -0.3 is 5.32 Å². The number of aromatic nitrogens is 2. The summed E-state index contributed by atoms with van der Waals surface area (Å²) in [5.41, 5.74) is 1.36. The molecule has 24 heavy (non-hydrogen) atoms. The van der Waals surface area contributed by atoms with Gasteiger partial charge in [0.15, 0.2) is 0 Å². The summed E-state index contributed by atoms with van der Waals surface area (Å²) in [6.45, 7) is 0.947. The van der Waals surface area contributed by atoms with Crippen LogP contribution in [0.25, 0.3) is 16.6 Å². The zero-order chi connectivity index (χ0) is 16.5. The first-order valence-electron chi connectivity index (χ1n) is 8.25. The van der Waals surface area contributed by atoms with Gasteiger partial charge in [0.05, 0.1) is 27.7 Å². The van der Waals surface area contributed by atoms with E-state index in [-0.39, 0.29) is 11.6 Å². The predicted molar refractivity (Wildman–Crippen MR) is 96.9 cm³/mol. The number of halogens is 1. The molecule has 1 aliphatic rings. The molecule has 1 aliphatic heterocycles. The Hall–Kier alpha value is -2.17. The smallest absolute Gasteiger partial charge is 0.267 e. The number of piperidine rings is 1. The lowest BCUT2D eigenvalue weighted by molar-refractivity contribution is 0.391. The Morgan fingerprint density at radius 3 is 2.67 bits per heavy atom. The number of para-hydroxylation sites is 1. The van der Waals surface area contributed by atoms with Crippen molar-refractivity contribution in [1.82, 2.24) is 14.9 Å². The predicted octanol–water partition coefficient (Wildman–Crippen LogP) is 3.85. The minimum atomic E-state index is -0.112. The normalized spacial score (nSPS) is 18.0. The summed E-state index contributed by atoms with van der Waals surface area (Å²) in [5.74, 6) is 0.765. The van der Waals surface area contributed by atoms with Crippen molar-refractivity contribution in [1.29, 1.82) is 0 Å². The van der Waals surface area contributed by atoms with E-state index in [2.05, 4.69) is 5.32 Å². The average molecular weight is 340 g/mol. The van der Waals surface area contributed by atoms with Gasteiger partial charge in [-0.1, -0.05) is 42.3 Å². The topological polar surface area (TPSA) is 46.9 Å². The molecule has 1 unspecified atom stereocenters. The largest absolute Gasteiger partial charge is 0.307 e. The highest BCUT2D eigenvalue weighted by Gasteiger charge is 2.23. The molecule has 5 heteroatoms. The van der Waals surface area contributed by atoms with E-state index in [0.29, 0.717) is 15.9 Å². The van der Waals surface area contributed by atoms with Crippen molar-refractivity contribution in [3.05, 3.63) is 69.7 Å². The molecule has 1 fully saturated rings. The number of rotatable bonds is 2. The molecular weight excluding hydrogens is 322 g/mol. The van der Waals surface area contributed by atoms with Crippen molar-refractivity contribution >= 4 is 22.5 Å². The van der Waals surface area contributed by atoms with E-state index < -0.39 is 0 Å². The van der Waals surface area contributed by atoms with Crippen molar-refractivity contribution in [2.45, 2.75) is 25.3 Å². The minimum absolute atomic E-state index is 0.0787. The molecule has 1 N–H and O–H groups in total. The number of hydrogen-bond acceptors (Lipinski definition) is 3. The molecule has 0 aliphatic carbocycles. The zero-order valence-corrected chi connectivity index (χ0v) is 14.0. The number of nitrogens with one attached hydrogen (secondary N) is 1. The van der Waals surface area contributed by atoms with Gasteiger partial charge in [-0.05, 0) is 43.7 Å². The van der Waals surface area contributed by atoms with Crippen molar-refractivity contribution in [3.8, 4) is 5.69 Å². The van der Waals surface area contributed by atoms with Gasteiger partial charge in [-0.25, -0.2) is 4.98 Å². The highest BCUT2D eigenvalue weighted by molar-refractivity contribution is 6.35. The van der Waals surface area contributed by atoms with E-state index >= 15 is 0 Å². The van der Waals surface area contributed by atoms with Crippen LogP contribution in [0.1, 0.15) is 31.1 Å². The van der Waals surface area contributed by atoms with Crippen LogP contribution in [-0.4, -0.2) is 16.1 Å². The molecule has 0 saturated carbocycles. The summed E-state index contributed by atoms with van der Waals surface area (Å²) in [7, 11) is 0. The number of hydrogen-bond donors (Lipinski definition) is 1. The summed E-state index contributed by atoms with van der Waals surface area (Å²) in [4.78, 5) is 18.0. The first-order valence-corrected chi connectivity index (χ1v) is 8.63. The summed E-state index contributed by atoms with van der Waals surface area (Å²) < 4.78 is 1.71. The fourth-order valence-corrected chi connectivity index (χ4v) is 3.59. The van der Waals surface area contributed by atoms with Crippen LogP contribution in [0.4, 0.5) is 0 Å². The third-order valence-electron chi connectivity index (χ3n) is 4.51. The maximum absolute atomic E-state index is 13.2. The van der Waals surface area contributed by atoms with Crippen molar-refractivity contribution in [2.75, 3.05) is 6.54 Å². The third kappa shape index (κ3) is 2.62. The maximum Gasteiger partial charge on any atom is 0.267 e. The van der Waals surface area contributed by atoms with Crippen molar-refractivity contribution in [2.24, 2.45) is 0 Å². The summed E-state index contributed by atoms with van der Waals surface area (Å²) in [6.07, 6.45) is 3.27. The van der Waals surface area contributed by atoms with Gasteiger partial charge in [0.2, 0.25) is 0 Å². The van der Waals surface area contributed by atoms with Crippen LogP contribution in [-0.2, 0) is 0 Å². The molecule has 0 radical (unpaired) electrons. The first-order chi connectivity index (χ1) is 11.8. The lowest BCUT2D eigenvalue weighted by Crippen LogP contribution is -2.34. The minimum Gasteiger partial charge on any atom is -0.307 e. The lowest BCUT2D eigenvalue weighted by Gasteiger charge is -2.26. The Labute approximate surface area is 145 Å². The molecule has 0 bridgehead atoms. The lowest BCUT2D eigenvalue weighted by atomic mass is 10.0. The Morgan fingerprint density at radius 2 is 1.92 bits per heavy atom. The molecule has 122 valence electrons. The van der Waals surface area contributed by atoms with Crippen LogP contribution >= 0.6 is 11.6 Å². The fourth-order valence-electron chi connectivity index (χ4n) is 3.34. The molecule has 4 nitrogen and oxygen atoms in total. The second kappa shape index (κ2) is 6.38. The summed E-state index contributed by atoms with van der Waals surface area (Å²) in [5, 5.41) is 4.41. The third-order valence-corrected chi connectivity index (χ3v) is 4.82. The Kier molecular flexibility index (Phi) is 4.08. The van der Waals surface area contributed by atoms with Gasteiger partial charge in [-0.2, -0.15) is 0 Å². The zero-order valence-electron chi connectivity index (χ0n) is 13.2. The van der Waals surface area contributed by atoms with E-state index in [1.807, 2.05) is 42.5 Å². The van der Waals surface area contributed by atoms with Gasteiger partial charge in [0.25, 0.3) is 5.56 Å².